The van der Waals surface area contributed by atoms with Gasteiger partial charge in [-0.25, -0.2) is 4.98 Å². The van der Waals surface area contributed by atoms with Crippen LogP contribution in [0.1, 0.15) is 16.8 Å². The molecule has 1 atom stereocenters. The van der Waals surface area contributed by atoms with E-state index in [2.05, 4.69) is 35.8 Å². The molecule has 132 valence electrons. The van der Waals surface area contributed by atoms with Crippen molar-refractivity contribution in [2.24, 2.45) is 0 Å². The van der Waals surface area contributed by atoms with E-state index in [1.165, 1.54) is 0 Å². The second kappa shape index (κ2) is 6.76. The first kappa shape index (κ1) is 17.9. The molecule has 0 spiro atoms. The van der Waals surface area contributed by atoms with Crippen LogP contribution in [0.3, 0.4) is 0 Å². The van der Waals surface area contributed by atoms with Crippen molar-refractivity contribution in [3.8, 4) is 0 Å². The SMILES string of the molecule is Cc1cnc(C[S@](=O)c2nc3cc(N)c(Br)cc3[nH]2)c(C)c1N(C)C. The van der Waals surface area contributed by atoms with E-state index in [9.17, 15) is 4.21 Å². The van der Waals surface area contributed by atoms with E-state index < -0.39 is 10.8 Å². The molecule has 0 fully saturated rings. The highest BCUT2D eigenvalue weighted by molar-refractivity contribution is 9.10. The molecule has 0 radical (unpaired) electrons. The zero-order chi connectivity index (χ0) is 18.3. The zero-order valence-corrected chi connectivity index (χ0v) is 17.0. The second-order valence-electron chi connectivity index (χ2n) is 6.18. The third kappa shape index (κ3) is 3.41. The number of aromatic amines is 1. The van der Waals surface area contributed by atoms with Crippen molar-refractivity contribution < 1.29 is 4.21 Å². The number of rotatable bonds is 4. The molecule has 0 saturated heterocycles. The minimum Gasteiger partial charge on any atom is -0.398 e. The second-order valence-corrected chi connectivity index (χ2v) is 8.40. The maximum Gasteiger partial charge on any atom is 0.197 e. The Kier molecular flexibility index (Phi) is 4.83. The van der Waals surface area contributed by atoms with Crippen molar-refractivity contribution in [3.63, 3.8) is 0 Å². The Labute approximate surface area is 157 Å². The van der Waals surface area contributed by atoms with E-state index in [1.54, 1.807) is 6.07 Å². The van der Waals surface area contributed by atoms with Crippen molar-refractivity contribution in [2.75, 3.05) is 24.7 Å². The first-order chi connectivity index (χ1) is 11.8. The minimum atomic E-state index is -1.32. The number of pyridine rings is 1. The summed E-state index contributed by atoms with van der Waals surface area (Å²) in [5.41, 5.74) is 12.1. The van der Waals surface area contributed by atoms with Gasteiger partial charge in [-0.15, -0.1) is 0 Å². The van der Waals surface area contributed by atoms with Crippen LogP contribution in [-0.2, 0) is 16.6 Å². The Morgan fingerprint density at radius 3 is 2.72 bits per heavy atom. The fourth-order valence-corrected chi connectivity index (χ4v) is 4.37. The van der Waals surface area contributed by atoms with Gasteiger partial charge in [0.05, 0.1) is 33.3 Å². The van der Waals surface area contributed by atoms with E-state index in [1.807, 2.05) is 40.2 Å². The summed E-state index contributed by atoms with van der Waals surface area (Å²) in [6, 6.07) is 3.61. The number of hydrogen-bond acceptors (Lipinski definition) is 5. The van der Waals surface area contributed by atoms with Crippen LogP contribution in [0.2, 0.25) is 0 Å². The summed E-state index contributed by atoms with van der Waals surface area (Å²) < 4.78 is 13.6. The molecular weight excluding hydrogens is 402 g/mol. The summed E-state index contributed by atoms with van der Waals surface area (Å²) in [6.07, 6.45) is 1.82. The maximum atomic E-state index is 12.8. The number of imidazole rings is 1. The number of nitrogens with zero attached hydrogens (tertiary/aromatic N) is 3. The summed E-state index contributed by atoms with van der Waals surface area (Å²) in [5.74, 6) is 0.309. The normalized spacial score (nSPS) is 12.5. The lowest BCUT2D eigenvalue weighted by atomic mass is 10.1. The number of hydrogen-bond donors (Lipinski definition) is 2. The molecule has 3 aromatic rings. The molecule has 25 heavy (non-hydrogen) atoms. The van der Waals surface area contributed by atoms with Gasteiger partial charge >= 0.3 is 0 Å². The van der Waals surface area contributed by atoms with Crippen LogP contribution in [0.4, 0.5) is 11.4 Å². The topological polar surface area (TPSA) is 87.9 Å². The van der Waals surface area contributed by atoms with Crippen LogP contribution in [0, 0.1) is 13.8 Å². The number of halogens is 1. The van der Waals surface area contributed by atoms with E-state index in [0.29, 0.717) is 22.1 Å². The smallest absolute Gasteiger partial charge is 0.197 e. The molecule has 0 aliphatic carbocycles. The largest absolute Gasteiger partial charge is 0.398 e. The van der Waals surface area contributed by atoms with E-state index in [0.717, 1.165) is 32.5 Å². The first-order valence-electron chi connectivity index (χ1n) is 7.73. The number of benzene rings is 1. The Balaban J connectivity index is 1.94. The molecule has 0 amide bonds. The molecule has 2 aromatic heterocycles. The van der Waals surface area contributed by atoms with Crippen molar-refractivity contribution in [1.82, 2.24) is 15.0 Å². The summed E-state index contributed by atoms with van der Waals surface area (Å²) in [6.45, 7) is 4.04. The lowest BCUT2D eigenvalue weighted by molar-refractivity contribution is 0.676. The Hall–Kier alpha value is -1.93. The van der Waals surface area contributed by atoms with Crippen LogP contribution < -0.4 is 10.6 Å². The molecule has 1 aromatic carbocycles. The standard InChI is InChI=1S/C17H20BrN5OS/c1-9-7-20-15(10(2)16(9)23(3)4)8-25(24)17-21-13-5-11(18)12(19)6-14(13)22-17/h5-7H,8,19H2,1-4H3,(H,21,22)/t25-/m0/s1. The molecule has 8 heteroatoms. The fourth-order valence-electron chi connectivity index (χ4n) is 2.92. The van der Waals surface area contributed by atoms with Gasteiger partial charge in [0.25, 0.3) is 0 Å². The van der Waals surface area contributed by atoms with Crippen LogP contribution in [0.25, 0.3) is 11.0 Å². The molecule has 0 bridgehead atoms. The van der Waals surface area contributed by atoms with Gasteiger partial charge in [-0.2, -0.15) is 0 Å². The van der Waals surface area contributed by atoms with Gasteiger partial charge in [0.1, 0.15) is 0 Å². The Morgan fingerprint density at radius 2 is 2.04 bits per heavy atom. The Bertz CT molecular complexity index is 944. The van der Waals surface area contributed by atoms with Gasteiger partial charge < -0.3 is 15.6 Å². The average Bonchev–Trinajstić information content (AvgIpc) is 2.93. The average molecular weight is 422 g/mol. The van der Waals surface area contributed by atoms with Gasteiger partial charge in [-0.3, -0.25) is 9.19 Å². The van der Waals surface area contributed by atoms with E-state index in [-0.39, 0.29) is 0 Å². The number of aryl methyl sites for hydroxylation is 1. The molecule has 0 aliphatic heterocycles. The first-order valence-corrected chi connectivity index (χ1v) is 9.84. The summed E-state index contributed by atoms with van der Waals surface area (Å²) in [7, 11) is 2.67. The molecule has 0 aliphatic rings. The quantitative estimate of drug-likeness (QED) is 0.630. The van der Waals surface area contributed by atoms with Gasteiger partial charge in [0, 0.05) is 36.1 Å². The number of fused-ring (bicyclic) bond motifs is 1. The van der Waals surface area contributed by atoms with Crippen LogP contribution in [0.15, 0.2) is 28.0 Å². The van der Waals surface area contributed by atoms with E-state index >= 15 is 0 Å². The highest BCUT2D eigenvalue weighted by Crippen LogP contribution is 2.27. The highest BCUT2D eigenvalue weighted by Gasteiger charge is 2.17. The molecule has 3 N–H and O–H groups in total. The lowest BCUT2D eigenvalue weighted by Gasteiger charge is -2.20. The lowest BCUT2D eigenvalue weighted by Crippen LogP contribution is -2.14. The number of aromatic nitrogens is 3. The van der Waals surface area contributed by atoms with Crippen LogP contribution in [-0.4, -0.2) is 33.3 Å². The van der Waals surface area contributed by atoms with E-state index in [4.69, 9.17) is 5.73 Å². The predicted octanol–water partition coefficient (Wildman–Crippen LogP) is 3.29. The van der Waals surface area contributed by atoms with Crippen molar-refractivity contribution in [3.05, 3.63) is 39.6 Å². The molecule has 3 rings (SSSR count). The van der Waals surface area contributed by atoms with Gasteiger partial charge in [-0.05, 0) is 53.0 Å². The maximum absolute atomic E-state index is 12.8. The number of nitrogens with two attached hydrogens (primary N) is 1. The molecular formula is C17H20BrN5OS. The number of H-pyrrole nitrogens is 1. The summed E-state index contributed by atoms with van der Waals surface area (Å²) in [4.78, 5) is 14.1. The molecule has 0 unspecified atom stereocenters. The Morgan fingerprint density at radius 1 is 1.32 bits per heavy atom. The van der Waals surface area contributed by atoms with Gasteiger partial charge in [0.15, 0.2) is 5.16 Å². The van der Waals surface area contributed by atoms with Crippen molar-refractivity contribution in [1.29, 1.82) is 0 Å². The molecule has 2 heterocycles. The minimum absolute atomic E-state index is 0.309. The zero-order valence-electron chi connectivity index (χ0n) is 14.6. The fraction of sp³-hybridized carbons (Fsp3) is 0.294. The van der Waals surface area contributed by atoms with Crippen LogP contribution in [0.5, 0.6) is 0 Å². The summed E-state index contributed by atoms with van der Waals surface area (Å²) >= 11 is 3.39. The predicted molar refractivity (Wildman–Crippen MR) is 106 cm³/mol. The van der Waals surface area contributed by atoms with Crippen molar-refractivity contribution in [2.45, 2.75) is 24.8 Å². The highest BCUT2D eigenvalue weighted by atomic mass is 79.9. The third-order valence-corrected chi connectivity index (χ3v) is 5.93. The van der Waals surface area contributed by atoms with Gasteiger partial charge in [0.2, 0.25) is 0 Å². The molecule has 6 nitrogen and oxygen atoms in total. The number of nitrogens with one attached hydrogen (secondary N) is 1. The molecule has 0 saturated carbocycles. The number of nitrogen functional groups attached to an aromatic ring is 1. The van der Waals surface area contributed by atoms with Gasteiger partial charge in [-0.1, -0.05) is 0 Å². The monoisotopic (exact) mass is 421 g/mol. The van der Waals surface area contributed by atoms with Crippen LogP contribution >= 0.6 is 15.9 Å². The third-order valence-electron chi connectivity index (χ3n) is 4.08. The number of anilines is 2. The van der Waals surface area contributed by atoms with Crippen molar-refractivity contribution >= 4 is 49.1 Å². The summed E-state index contributed by atoms with van der Waals surface area (Å²) in [5, 5.41) is 0.431.